The molecule has 92 valence electrons. The van der Waals surface area contributed by atoms with E-state index in [0.717, 1.165) is 22.4 Å². The van der Waals surface area contributed by atoms with Crippen LogP contribution in [0.3, 0.4) is 0 Å². The van der Waals surface area contributed by atoms with Gasteiger partial charge in [-0.15, -0.1) is 0 Å². The van der Waals surface area contributed by atoms with Crippen molar-refractivity contribution >= 4 is 5.69 Å². The van der Waals surface area contributed by atoms with E-state index in [2.05, 4.69) is 15.0 Å². The van der Waals surface area contributed by atoms with Gasteiger partial charge in [0.1, 0.15) is 0 Å². The highest BCUT2D eigenvalue weighted by Gasteiger charge is 2.06. The van der Waals surface area contributed by atoms with E-state index in [-0.39, 0.29) is 0 Å². The molecule has 0 radical (unpaired) electrons. The molecule has 0 spiro atoms. The summed E-state index contributed by atoms with van der Waals surface area (Å²) in [6.45, 7) is 0. The van der Waals surface area contributed by atoms with E-state index in [1.54, 1.807) is 31.0 Å². The molecular weight excluding hydrogens is 236 g/mol. The van der Waals surface area contributed by atoms with Crippen molar-refractivity contribution in [2.75, 3.05) is 5.73 Å². The molecule has 2 N–H and O–H groups in total. The molecule has 3 heterocycles. The van der Waals surface area contributed by atoms with Gasteiger partial charge in [-0.3, -0.25) is 15.0 Å². The Hall–Kier alpha value is -2.75. The zero-order valence-electron chi connectivity index (χ0n) is 10.2. The molecule has 0 aromatic carbocycles. The Morgan fingerprint density at radius 2 is 1.47 bits per heavy atom. The monoisotopic (exact) mass is 248 g/mol. The number of hydrogen-bond acceptors (Lipinski definition) is 4. The van der Waals surface area contributed by atoms with Gasteiger partial charge in [-0.05, 0) is 24.3 Å². The maximum Gasteiger partial charge on any atom is 0.0947 e. The van der Waals surface area contributed by atoms with Gasteiger partial charge in [-0.2, -0.15) is 0 Å². The summed E-state index contributed by atoms with van der Waals surface area (Å²) in [7, 11) is 0. The Labute approximate surface area is 111 Å². The third-order valence-corrected chi connectivity index (χ3v) is 2.85. The Kier molecular flexibility index (Phi) is 2.90. The van der Waals surface area contributed by atoms with Crippen LogP contribution in [0.1, 0.15) is 0 Å². The van der Waals surface area contributed by atoms with Crippen LogP contribution in [0.2, 0.25) is 0 Å². The first-order valence-electron chi connectivity index (χ1n) is 5.91. The molecular formula is C15H12N4. The number of nitrogen functional groups attached to an aromatic ring is 1. The quantitative estimate of drug-likeness (QED) is 0.757. The summed E-state index contributed by atoms with van der Waals surface area (Å²) < 4.78 is 0. The first kappa shape index (κ1) is 11.3. The van der Waals surface area contributed by atoms with Gasteiger partial charge in [-0.1, -0.05) is 6.07 Å². The maximum atomic E-state index is 6.08. The van der Waals surface area contributed by atoms with Gasteiger partial charge in [-0.25, -0.2) is 0 Å². The zero-order valence-corrected chi connectivity index (χ0v) is 10.2. The summed E-state index contributed by atoms with van der Waals surface area (Å²) in [6.07, 6.45) is 8.81. The van der Waals surface area contributed by atoms with Crippen molar-refractivity contribution in [1.29, 1.82) is 0 Å². The Bertz CT molecular complexity index is 681. The maximum absolute atomic E-state index is 6.08. The van der Waals surface area contributed by atoms with Crippen molar-refractivity contribution in [2.45, 2.75) is 0 Å². The molecule has 0 bridgehead atoms. The van der Waals surface area contributed by atoms with Gasteiger partial charge in [0.05, 0.1) is 11.4 Å². The van der Waals surface area contributed by atoms with Crippen LogP contribution in [-0.2, 0) is 0 Å². The third-order valence-electron chi connectivity index (χ3n) is 2.85. The van der Waals surface area contributed by atoms with E-state index < -0.39 is 0 Å². The molecule has 19 heavy (non-hydrogen) atoms. The molecule has 0 saturated carbocycles. The number of aromatic nitrogens is 3. The van der Waals surface area contributed by atoms with Crippen LogP contribution in [0.15, 0.2) is 61.3 Å². The van der Waals surface area contributed by atoms with E-state index in [4.69, 9.17) is 5.73 Å². The highest BCUT2D eigenvalue weighted by Crippen LogP contribution is 2.27. The van der Waals surface area contributed by atoms with Crippen molar-refractivity contribution in [3.63, 3.8) is 0 Å². The molecule has 0 aliphatic heterocycles. The lowest BCUT2D eigenvalue weighted by atomic mass is 10.1. The highest BCUT2D eigenvalue weighted by atomic mass is 14.7. The first-order chi connectivity index (χ1) is 9.34. The predicted molar refractivity (Wildman–Crippen MR) is 75.1 cm³/mol. The van der Waals surface area contributed by atoms with Gasteiger partial charge in [0.25, 0.3) is 0 Å². The summed E-state index contributed by atoms with van der Waals surface area (Å²) in [5.41, 5.74) is 10.3. The molecule has 0 unspecified atom stereocenters. The average Bonchev–Trinajstić information content (AvgIpc) is 2.49. The fourth-order valence-corrected chi connectivity index (χ4v) is 1.92. The second-order valence-electron chi connectivity index (χ2n) is 4.15. The number of pyridine rings is 3. The largest absolute Gasteiger partial charge is 0.397 e. The first-order valence-corrected chi connectivity index (χ1v) is 5.91. The molecule has 0 aliphatic rings. The van der Waals surface area contributed by atoms with Crippen molar-refractivity contribution < 1.29 is 0 Å². The van der Waals surface area contributed by atoms with Crippen LogP contribution in [0, 0.1) is 0 Å². The third kappa shape index (κ3) is 2.28. The molecule has 0 aliphatic carbocycles. The predicted octanol–water partition coefficient (Wildman–Crippen LogP) is 2.79. The summed E-state index contributed by atoms with van der Waals surface area (Å²) in [5, 5.41) is 0. The van der Waals surface area contributed by atoms with E-state index in [9.17, 15) is 0 Å². The minimum Gasteiger partial charge on any atom is -0.397 e. The molecule has 3 aromatic heterocycles. The van der Waals surface area contributed by atoms with Gasteiger partial charge < -0.3 is 5.73 Å². The van der Waals surface area contributed by atoms with Crippen LogP contribution >= 0.6 is 0 Å². The van der Waals surface area contributed by atoms with E-state index >= 15 is 0 Å². The summed E-state index contributed by atoms with van der Waals surface area (Å²) in [6, 6.07) is 9.58. The minimum atomic E-state index is 0.634. The van der Waals surface area contributed by atoms with Crippen LogP contribution < -0.4 is 5.73 Å². The normalized spacial score (nSPS) is 10.3. The van der Waals surface area contributed by atoms with Gasteiger partial charge >= 0.3 is 0 Å². The SMILES string of the molecule is Nc1cc(-c2cccnc2)cnc1-c1cccnc1. The fourth-order valence-electron chi connectivity index (χ4n) is 1.92. The molecule has 3 rings (SSSR count). The van der Waals surface area contributed by atoms with Crippen LogP contribution in [0.5, 0.6) is 0 Å². The Balaban J connectivity index is 2.04. The lowest BCUT2D eigenvalue weighted by Gasteiger charge is -2.07. The molecule has 0 saturated heterocycles. The van der Waals surface area contributed by atoms with E-state index in [1.165, 1.54) is 0 Å². The van der Waals surface area contributed by atoms with Gasteiger partial charge in [0.15, 0.2) is 0 Å². The van der Waals surface area contributed by atoms with Crippen molar-refractivity contribution in [1.82, 2.24) is 15.0 Å². The lowest BCUT2D eigenvalue weighted by Crippen LogP contribution is -1.95. The number of nitrogens with zero attached hydrogens (tertiary/aromatic N) is 3. The van der Waals surface area contributed by atoms with Crippen LogP contribution in [0.4, 0.5) is 5.69 Å². The second kappa shape index (κ2) is 4.86. The average molecular weight is 248 g/mol. The lowest BCUT2D eigenvalue weighted by molar-refractivity contribution is 1.27. The molecule has 0 fully saturated rings. The number of anilines is 1. The Morgan fingerprint density at radius 1 is 0.789 bits per heavy atom. The summed E-state index contributed by atoms with van der Waals surface area (Å²) in [5.74, 6) is 0. The topological polar surface area (TPSA) is 64.7 Å². The molecule has 4 heteroatoms. The molecule has 4 nitrogen and oxygen atoms in total. The molecule has 3 aromatic rings. The number of hydrogen-bond donors (Lipinski definition) is 1. The van der Waals surface area contributed by atoms with Crippen molar-refractivity contribution in [3.8, 4) is 22.4 Å². The van der Waals surface area contributed by atoms with Gasteiger partial charge in [0, 0.05) is 47.7 Å². The Morgan fingerprint density at radius 3 is 2.05 bits per heavy atom. The minimum absolute atomic E-state index is 0.634. The number of nitrogens with two attached hydrogens (primary N) is 1. The standard InChI is InChI=1S/C15H12N4/c16-14-7-13(11-3-1-5-17-8-11)10-19-15(14)12-4-2-6-18-9-12/h1-10H,16H2. The van der Waals surface area contributed by atoms with E-state index in [1.807, 2.05) is 30.3 Å². The smallest absolute Gasteiger partial charge is 0.0947 e. The van der Waals surface area contributed by atoms with Crippen LogP contribution in [-0.4, -0.2) is 15.0 Å². The van der Waals surface area contributed by atoms with E-state index in [0.29, 0.717) is 5.69 Å². The van der Waals surface area contributed by atoms with Crippen molar-refractivity contribution in [2.24, 2.45) is 0 Å². The summed E-state index contributed by atoms with van der Waals surface area (Å²) >= 11 is 0. The van der Waals surface area contributed by atoms with Gasteiger partial charge in [0.2, 0.25) is 0 Å². The fraction of sp³-hybridized carbons (Fsp3) is 0. The number of rotatable bonds is 2. The highest BCUT2D eigenvalue weighted by molar-refractivity contribution is 5.76. The second-order valence-corrected chi connectivity index (χ2v) is 4.15. The van der Waals surface area contributed by atoms with Crippen LogP contribution in [0.25, 0.3) is 22.4 Å². The van der Waals surface area contributed by atoms with Crippen molar-refractivity contribution in [3.05, 3.63) is 61.3 Å². The molecule has 0 amide bonds. The molecule has 0 atom stereocenters. The zero-order chi connectivity index (χ0) is 13.1. The summed E-state index contributed by atoms with van der Waals surface area (Å²) in [4.78, 5) is 12.6.